The third kappa shape index (κ3) is 4.99. The molecule has 6 nitrogen and oxygen atoms in total. The average molecular weight is 378 g/mol. The molecule has 1 atom stereocenters. The van der Waals surface area contributed by atoms with Crippen LogP contribution in [0.3, 0.4) is 0 Å². The number of rotatable bonds is 7. The van der Waals surface area contributed by atoms with Crippen LogP contribution in [0.1, 0.15) is 31.4 Å². The molecule has 26 heavy (non-hydrogen) atoms. The summed E-state index contributed by atoms with van der Waals surface area (Å²) in [7, 11) is 1.79. The predicted molar refractivity (Wildman–Crippen MR) is 100 cm³/mol. The van der Waals surface area contributed by atoms with E-state index in [9.17, 15) is 4.79 Å². The Balaban J connectivity index is 1.43. The Labute approximate surface area is 158 Å². The largest absolute Gasteiger partial charge is 0.378 e. The normalized spacial score (nSPS) is 16.6. The summed E-state index contributed by atoms with van der Waals surface area (Å²) < 4.78 is 10.9. The first kappa shape index (κ1) is 18.7. The van der Waals surface area contributed by atoms with Gasteiger partial charge in [-0.1, -0.05) is 35.0 Å². The molecule has 1 fully saturated rings. The van der Waals surface area contributed by atoms with E-state index in [1.807, 2.05) is 18.2 Å². The molecule has 0 aliphatic carbocycles. The number of nitrogens with zero attached hydrogens (tertiary/aromatic N) is 2. The highest BCUT2D eigenvalue weighted by atomic mass is 35.5. The van der Waals surface area contributed by atoms with Gasteiger partial charge in [-0.25, -0.2) is 4.79 Å². The number of halogens is 1. The number of aromatic nitrogens is 1. The Hall–Kier alpha value is -2.05. The molecular weight excluding hydrogens is 354 g/mol. The van der Waals surface area contributed by atoms with Gasteiger partial charge in [0.2, 0.25) is 0 Å². The van der Waals surface area contributed by atoms with Crippen molar-refractivity contribution in [3.05, 3.63) is 41.1 Å². The van der Waals surface area contributed by atoms with Crippen LogP contribution in [0.25, 0.3) is 11.3 Å². The van der Waals surface area contributed by atoms with E-state index >= 15 is 0 Å². The minimum atomic E-state index is -0.131. The van der Waals surface area contributed by atoms with Crippen molar-refractivity contribution in [2.75, 3.05) is 20.2 Å². The minimum absolute atomic E-state index is 0.131. The fourth-order valence-corrected chi connectivity index (χ4v) is 3.25. The van der Waals surface area contributed by atoms with Crippen LogP contribution in [-0.2, 0) is 11.3 Å². The second-order valence-electron chi connectivity index (χ2n) is 6.52. The van der Waals surface area contributed by atoms with E-state index in [2.05, 4.69) is 10.5 Å². The number of carbonyl (C=O) groups excluding carboxylic acids is 1. The lowest BCUT2D eigenvalue weighted by Crippen LogP contribution is -2.37. The number of ether oxygens (including phenoxy) is 1. The number of benzene rings is 1. The van der Waals surface area contributed by atoms with Crippen LogP contribution in [0.15, 0.2) is 34.9 Å². The molecule has 0 radical (unpaired) electrons. The van der Waals surface area contributed by atoms with Gasteiger partial charge in [-0.3, -0.25) is 0 Å². The van der Waals surface area contributed by atoms with E-state index in [1.165, 1.54) is 0 Å². The van der Waals surface area contributed by atoms with E-state index in [0.29, 0.717) is 29.1 Å². The smallest absolute Gasteiger partial charge is 0.317 e. The lowest BCUT2D eigenvalue weighted by molar-refractivity contribution is 0.100. The van der Waals surface area contributed by atoms with Gasteiger partial charge in [0.15, 0.2) is 5.76 Å². The second kappa shape index (κ2) is 9.05. The van der Waals surface area contributed by atoms with Gasteiger partial charge < -0.3 is 19.5 Å². The third-order valence-electron chi connectivity index (χ3n) is 4.51. The monoisotopic (exact) mass is 377 g/mol. The van der Waals surface area contributed by atoms with E-state index < -0.39 is 0 Å². The van der Waals surface area contributed by atoms with Crippen LogP contribution in [-0.4, -0.2) is 42.4 Å². The van der Waals surface area contributed by atoms with Gasteiger partial charge in [0, 0.05) is 31.8 Å². The molecule has 0 saturated carbocycles. The van der Waals surface area contributed by atoms with E-state index in [1.54, 1.807) is 24.1 Å². The number of carbonyl (C=O) groups is 1. The molecule has 1 aromatic heterocycles. The first-order chi connectivity index (χ1) is 12.6. The molecule has 1 saturated heterocycles. The molecule has 1 N–H and O–H groups in total. The molecule has 2 heterocycles. The maximum atomic E-state index is 12.2. The fourth-order valence-electron chi connectivity index (χ4n) is 3.02. The molecule has 2 amide bonds. The van der Waals surface area contributed by atoms with Crippen molar-refractivity contribution >= 4 is 17.6 Å². The van der Waals surface area contributed by atoms with Gasteiger partial charge in [0.25, 0.3) is 0 Å². The Morgan fingerprint density at radius 1 is 1.42 bits per heavy atom. The fraction of sp³-hybridized carbons (Fsp3) is 0.474. The molecule has 2 aromatic rings. The lowest BCUT2D eigenvalue weighted by atomic mass is 10.1. The summed E-state index contributed by atoms with van der Waals surface area (Å²) in [5, 5.41) is 7.48. The summed E-state index contributed by atoms with van der Waals surface area (Å²) >= 11 is 6.17. The van der Waals surface area contributed by atoms with Gasteiger partial charge in [-0.2, -0.15) is 0 Å². The molecule has 3 rings (SSSR count). The summed E-state index contributed by atoms with van der Waals surface area (Å²) in [6, 6.07) is 9.10. The first-order valence-electron chi connectivity index (χ1n) is 8.94. The molecule has 1 aliphatic rings. The van der Waals surface area contributed by atoms with Crippen LogP contribution < -0.4 is 5.32 Å². The minimum Gasteiger partial charge on any atom is -0.378 e. The topological polar surface area (TPSA) is 67.6 Å². The number of amides is 2. The standard InChI is InChI=1S/C19H24ClN3O3/c1-23(10-4-6-14-7-5-11-25-14)19(24)21-13-15-12-18(22-26-15)16-8-2-3-9-17(16)20/h2-3,8-9,12,14H,4-7,10-11,13H2,1H3,(H,21,24)/t14-/m0/s1. The summed E-state index contributed by atoms with van der Waals surface area (Å²) in [6.45, 7) is 1.85. The van der Waals surface area contributed by atoms with Crippen molar-refractivity contribution in [1.29, 1.82) is 0 Å². The van der Waals surface area contributed by atoms with Crippen molar-refractivity contribution in [3.63, 3.8) is 0 Å². The first-order valence-corrected chi connectivity index (χ1v) is 9.32. The highest BCUT2D eigenvalue weighted by Crippen LogP contribution is 2.26. The number of hydrogen-bond acceptors (Lipinski definition) is 4. The zero-order chi connectivity index (χ0) is 18.4. The average Bonchev–Trinajstić information content (AvgIpc) is 3.32. The zero-order valence-corrected chi connectivity index (χ0v) is 15.7. The molecular formula is C19H24ClN3O3. The lowest BCUT2D eigenvalue weighted by Gasteiger charge is -2.18. The summed E-state index contributed by atoms with van der Waals surface area (Å²) in [4.78, 5) is 13.9. The molecule has 0 unspecified atom stereocenters. The van der Waals surface area contributed by atoms with Crippen molar-refractivity contribution in [2.24, 2.45) is 0 Å². The maximum Gasteiger partial charge on any atom is 0.317 e. The van der Waals surface area contributed by atoms with Crippen LogP contribution in [0.2, 0.25) is 5.02 Å². The predicted octanol–water partition coefficient (Wildman–Crippen LogP) is 4.10. The summed E-state index contributed by atoms with van der Waals surface area (Å²) in [5.41, 5.74) is 1.46. The van der Waals surface area contributed by atoms with Gasteiger partial charge in [-0.05, 0) is 31.7 Å². The van der Waals surface area contributed by atoms with Crippen LogP contribution in [0, 0.1) is 0 Å². The molecule has 7 heteroatoms. The summed E-state index contributed by atoms with van der Waals surface area (Å²) in [6.07, 6.45) is 4.58. The molecule has 140 valence electrons. The van der Waals surface area contributed by atoms with Crippen LogP contribution >= 0.6 is 11.6 Å². The van der Waals surface area contributed by atoms with Gasteiger partial charge >= 0.3 is 6.03 Å². The summed E-state index contributed by atoms with van der Waals surface area (Å²) in [5.74, 6) is 0.584. The molecule has 0 spiro atoms. The van der Waals surface area contributed by atoms with Gasteiger partial charge in [-0.15, -0.1) is 0 Å². The Morgan fingerprint density at radius 3 is 3.04 bits per heavy atom. The molecule has 0 bridgehead atoms. The number of urea groups is 1. The highest BCUT2D eigenvalue weighted by Gasteiger charge is 2.16. The number of hydrogen-bond donors (Lipinski definition) is 1. The van der Waals surface area contributed by atoms with E-state index in [0.717, 1.165) is 37.9 Å². The third-order valence-corrected chi connectivity index (χ3v) is 4.84. The molecule has 1 aliphatic heterocycles. The number of nitrogens with one attached hydrogen (secondary N) is 1. The highest BCUT2D eigenvalue weighted by molar-refractivity contribution is 6.33. The molecule has 1 aromatic carbocycles. The van der Waals surface area contributed by atoms with Crippen molar-refractivity contribution in [2.45, 2.75) is 38.3 Å². The van der Waals surface area contributed by atoms with E-state index in [-0.39, 0.29) is 12.6 Å². The van der Waals surface area contributed by atoms with Gasteiger partial charge in [0.05, 0.1) is 17.7 Å². The van der Waals surface area contributed by atoms with Crippen molar-refractivity contribution < 1.29 is 14.1 Å². The SMILES string of the molecule is CN(CCC[C@H]1CCCO1)C(=O)NCc1cc(-c2ccccc2Cl)no1. The van der Waals surface area contributed by atoms with E-state index in [4.69, 9.17) is 20.9 Å². The Bertz CT molecular complexity index is 728. The van der Waals surface area contributed by atoms with Crippen molar-refractivity contribution in [1.82, 2.24) is 15.4 Å². The quantitative estimate of drug-likeness (QED) is 0.788. The Kier molecular flexibility index (Phi) is 6.52. The van der Waals surface area contributed by atoms with Crippen molar-refractivity contribution in [3.8, 4) is 11.3 Å². The van der Waals surface area contributed by atoms with Crippen LogP contribution in [0.4, 0.5) is 4.79 Å². The maximum absolute atomic E-state index is 12.2. The Morgan fingerprint density at radius 2 is 2.27 bits per heavy atom. The second-order valence-corrected chi connectivity index (χ2v) is 6.92. The zero-order valence-electron chi connectivity index (χ0n) is 14.9. The van der Waals surface area contributed by atoms with Crippen LogP contribution in [0.5, 0.6) is 0 Å². The van der Waals surface area contributed by atoms with Gasteiger partial charge in [0.1, 0.15) is 5.69 Å².